The molecule has 0 saturated heterocycles. The number of anilines is 5. The van der Waals surface area contributed by atoms with Crippen molar-refractivity contribution in [3.8, 4) is 46.0 Å². The molecule has 5 heterocycles. The van der Waals surface area contributed by atoms with Crippen molar-refractivity contribution in [3.05, 3.63) is 455 Å². The maximum atomic E-state index is 13.6. The lowest BCUT2D eigenvalue weighted by atomic mass is 9.70. The van der Waals surface area contributed by atoms with Crippen LogP contribution in [-0.4, -0.2) is 76.4 Å². The number of methoxy groups -OCH3 is 3. The van der Waals surface area contributed by atoms with Gasteiger partial charge in [0.25, 0.3) is 0 Å². The molecule has 20 rings (SSSR count). The van der Waals surface area contributed by atoms with Gasteiger partial charge in [-0.2, -0.15) is 26.3 Å². The molecule has 5 aliphatic rings. The highest BCUT2D eigenvalue weighted by atomic mass is 35.5. The first-order chi connectivity index (χ1) is 64.6. The number of phenols is 5. The number of rotatable bonds is 13. The van der Waals surface area contributed by atoms with E-state index in [1.807, 2.05) is 168 Å². The third-order valence-electron chi connectivity index (χ3n) is 25.6. The molecule has 0 radical (unpaired) electrons. The Morgan fingerprint density at radius 2 is 0.452 bits per heavy atom. The third-order valence-corrected chi connectivity index (χ3v) is 26.0. The maximum Gasteiger partial charge on any atom is 0.418 e. The number of aryl methyl sites for hydroxylation is 4. The van der Waals surface area contributed by atoms with Crippen molar-refractivity contribution in [2.75, 3.05) is 47.9 Å². The van der Waals surface area contributed by atoms with E-state index in [0.717, 1.165) is 119 Å². The van der Waals surface area contributed by atoms with Gasteiger partial charge in [-0.1, -0.05) is 235 Å². The van der Waals surface area contributed by atoms with Crippen LogP contribution in [0.15, 0.2) is 328 Å². The highest BCUT2D eigenvalue weighted by molar-refractivity contribution is 6.32. The van der Waals surface area contributed by atoms with Crippen LogP contribution in [0.25, 0.3) is 0 Å². The van der Waals surface area contributed by atoms with E-state index in [1.54, 1.807) is 136 Å². The molecule has 0 aromatic heterocycles. The molecule has 0 bridgehead atoms. The zero-order valence-corrected chi connectivity index (χ0v) is 74.6. The minimum atomic E-state index is -4.62. The Morgan fingerprint density at radius 3 is 0.689 bits per heavy atom. The number of para-hydroxylation sites is 4. The van der Waals surface area contributed by atoms with E-state index in [2.05, 4.69) is 26.6 Å². The van der Waals surface area contributed by atoms with Gasteiger partial charge in [0.15, 0.2) is 0 Å². The number of alkyl halides is 6. The van der Waals surface area contributed by atoms with Gasteiger partial charge in [-0.3, -0.25) is 24.0 Å². The van der Waals surface area contributed by atoms with Crippen molar-refractivity contribution >= 4 is 69.6 Å². The van der Waals surface area contributed by atoms with Crippen LogP contribution in [0.4, 0.5) is 54.8 Å². The van der Waals surface area contributed by atoms with Crippen molar-refractivity contribution < 1.29 is 90.1 Å². The van der Waals surface area contributed by atoms with Gasteiger partial charge in [0.1, 0.15) is 73.1 Å². The van der Waals surface area contributed by atoms with Gasteiger partial charge in [-0.15, -0.1) is 0 Å². The van der Waals surface area contributed by atoms with Gasteiger partial charge < -0.3 is 66.3 Å². The third kappa shape index (κ3) is 16.0. The van der Waals surface area contributed by atoms with Crippen LogP contribution in [0.3, 0.4) is 0 Å². The highest BCUT2D eigenvalue weighted by Crippen LogP contribution is 2.57. The molecular formula is C110H88ClF6N5O13. The number of amides is 5. The fraction of sp³-hybridized carbons (Fsp3) is 0.136. The molecule has 0 fully saturated rings. The Kier molecular flexibility index (Phi) is 24.7. The summed E-state index contributed by atoms with van der Waals surface area (Å²) < 4.78 is 97.1. The van der Waals surface area contributed by atoms with Gasteiger partial charge in [-0.05, 0) is 222 Å². The Labute approximate surface area is 778 Å². The molecule has 0 saturated carbocycles. The summed E-state index contributed by atoms with van der Waals surface area (Å²) >= 11 is 6.28. The molecule has 680 valence electrons. The van der Waals surface area contributed by atoms with Gasteiger partial charge in [0.2, 0.25) is 29.5 Å². The fourth-order valence-corrected chi connectivity index (χ4v) is 19.1. The minimum Gasteiger partial charge on any atom is -0.508 e. The van der Waals surface area contributed by atoms with Crippen LogP contribution >= 0.6 is 11.6 Å². The minimum absolute atomic E-state index is 0.00507. The largest absolute Gasteiger partial charge is 0.508 e. The lowest BCUT2D eigenvalue weighted by molar-refractivity contribution is -0.137. The number of carbonyl (C=O) groups is 5. The Balaban J connectivity index is 0.000000123. The smallest absolute Gasteiger partial charge is 0.418 e. The van der Waals surface area contributed by atoms with E-state index in [9.17, 15) is 75.8 Å². The Morgan fingerprint density at radius 1 is 0.252 bits per heavy atom. The van der Waals surface area contributed by atoms with Crippen LogP contribution in [0.2, 0.25) is 5.02 Å². The molecule has 5 amide bonds. The van der Waals surface area contributed by atoms with E-state index in [0.29, 0.717) is 33.0 Å². The summed E-state index contributed by atoms with van der Waals surface area (Å²) in [5.74, 6) is 1.04. The highest BCUT2D eigenvalue weighted by Gasteiger charge is 2.57. The average Bonchev–Trinajstić information content (AvgIpc) is 1.61. The monoisotopic (exact) mass is 1840 g/mol. The van der Waals surface area contributed by atoms with Crippen LogP contribution in [0, 0.1) is 34.6 Å². The summed E-state index contributed by atoms with van der Waals surface area (Å²) in [6.07, 6.45) is -9.22. The van der Waals surface area contributed by atoms with Crippen molar-refractivity contribution in [1.29, 1.82) is 0 Å². The molecule has 25 heteroatoms. The number of nitrogens with one attached hydrogen (secondary N) is 5. The summed E-state index contributed by atoms with van der Waals surface area (Å²) in [5.41, 5.74) is 9.40. The Bertz CT molecular complexity index is 6820. The number of phenolic OH excluding ortho intramolecular Hbond substituents is 5. The van der Waals surface area contributed by atoms with Crippen molar-refractivity contribution in [3.63, 3.8) is 0 Å². The second kappa shape index (κ2) is 36.2. The van der Waals surface area contributed by atoms with E-state index in [1.165, 1.54) is 67.8 Å². The number of hydrogen-bond donors (Lipinski definition) is 10. The van der Waals surface area contributed by atoms with Crippen molar-refractivity contribution in [2.45, 2.75) is 74.0 Å². The van der Waals surface area contributed by atoms with Crippen LogP contribution in [0.1, 0.15) is 122 Å². The molecular weight excluding hydrogens is 1750 g/mol. The number of halogens is 7. The summed E-state index contributed by atoms with van der Waals surface area (Å²) in [7, 11) is 4.73. The number of benzene rings is 15. The van der Waals surface area contributed by atoms with Gasteiger partial charge in [-0.25, -0.2) is 0 Å². The SMILES string of the molecule is COc1ccc([C@@]2(c3ccc(O)cc3)C(=O)Nc3c(C(F)(F)F)cccc32)cc1.COc1ccc([C@@]2(c3ccc(O)cc3)C(=O)Nc3c(C)cccc32)cc1.COc1ccc([C@@]2(c3ccc(O)cc3)C(=O)Nc3c(C)cccc32)cc1.Cc1ccc([C@]2(c3ccc(O)cc3)C(=O)Nc3c(C(F)(F)F)cccc32)cc1.Cc1ccc([C@]2(c3ccc(O)cc3)C(=O)Nc3c2ccc(Cl)c3C)cc1. The van der Waals surface area contributed by atoms with E-state index >= 15 is 0 Å². The molecule has 5 atom stereocenters. The topological polar surface area (TPSA) is 274 Å². The number of ether oxygens (including phenoxy) is 3. The second-order valence-corrected chi connectivity index (χ2v) is 33.6. The van der Waals surface area contributed by atoms with Gasteiger partial charge in [0.05, 0.1) is 49.5 Å². The van der Waals surface area contributed by atoms with Crippen LogP contribution in [0.5, 0.6) is 46.0 Å². The first-order valence-corrected chi connectivity index (χ1v) is 43.0. The first kappa shape index (κ1) is 92.2. The zero-order chi connectivity index (χ0) is 96.0. The average molecular weight is 1840 g/mol. The summed E-state index contributed by atoms with van der Waals surface area (Å²) in [6.45, 7) is 9.79. The standard InChI is InChI=1S/C22H18ClNO2.C22H16F3NO3.C22H16F3NO2.2C22H19NO3/c1-13-3-5-15(6-4-13)22(16-7-9-17(25)10-8-16)18-11-12-19(23)14(2)20(18)24-21(22)26;1-29-16-11-7-14(8-12-16)21(13-5-9-15(27)10-6-13)17-3-2-4-18(22(23,24)25)19(17)26-20(21)28;1-13-5-7-14(8-6-13)21(15-9-11-16(27)12-10-15)17-3-2-4-18(22(23,24)25)19(17)26-20(21)28;2*1-14-4-3-5-19-20(14)23-21(25)22(19,15-6-10-17(24)11-7-15)16-8-12-18(26-2)13-9-16/h3-12,25H,1-2H3,(H,24,26);2-12,27H,1H3,(H,26,28);2-12,27H,1H3,(H,26,28);2*3-13,24H,1-2H3,(H,23,25)/t22-;2*21-;2*22-/m11111/s1. The molecule has 15 aromatic rings. The molecule has 15 aromatic carbocycles. The van der Waals surface area contributed by atoms with Crippen LogP contribution < -0.4 is 40.8 Å². The van der Waals surface area contributed by atoms with Gasteiger partial charge in [0, 0.05) is 44.2 Å². The lowest BCUT2D eigenvalue weighted by Crippen LogP contribution is -2.37. The van der Waals surface area contributed by atoms with Crippen molar-refractivity contribution in [1.82, 2.24) is 0 Å². The number of carbonyl (C=O) groups excluding carboxylic acids is 5. The summed E-state index contributed by atoms with van der Waals surface area (Å²) in [6, 6.07) is 92.3. The van der Waals surface area contributed by atoms with Crippen molar-refractivity contribution in [2.24, 2.45) is 0 Å². The number of hydrogen-bond acceptors (Lipinski definition) is 13. The maximum absolute atomic E-state index is 13.6. The fourth-order valence-electron chi connectivity index (χ4n) is 19.0. The predicted octanol–water partition coefficient (Wildman–Crippen LogP) is 22.7. The molecule has 135 heavy (non-hydrogen) atoms. The van der Waals surface area contributed by atoms with Gasteiger partial charge >= 0.3 is 12.4 Å². The second-order valence-electron chi connectivity index (χ2n) is 33.2. The zero-order valence-electron chi connectivity index (χ0n) is 73.8. The van der Waals surface area contributed by atoms with E-state index in [4.69, 9.17) is 25.8 Å². The number of aromatic hydroxyl groups is 5. The lowest BCUT2D eigenvalue weighted by Gasteiger charge is -2.29. The molecule has 18 nitrogen and oxygen atoms in total. The molecule has 0 unspecified atom stereocenters. The molecule has 0 spiro atoms. The number of fused-ring (bicyclic) bond motifs is 5. The van der Waals surface area contributed by atoms with E-state index < -0.39 is 62.4 Å². The van der Waals surface area contributed by atoms with Crippen LogP contribution in [-0.2, 0) is 63.4 Å². The van der Waals surface area contributed by atoms with E-state index in [-0.39, 0.29) is 69.0 Å². The normalized spacial score (nSPS) is 18.4. The Hall–Kier alpha value is -16.1. The predicted molar refractivity (Wildman–Crippen MR) is 506 cm³/mol. The summed E-state index contributed by atoms with van der Waals surface area (Å²) in [5, 5.41) is 63.2. The summed E-state index contributed by atoms with van der Waals surface area (Å²) in [4.78, 5) is 66.6. The molecule has 10 N–H and O–H groups in total. The molecule has 0 aliphatic carbocycles. The molecule has 5 aliphatic heterocycles. The quantitative estimate of drug-likeness (QED) is 0.0482. The first-order valence-electron chi connectivity index (χ1n) is 42.6.